The number of carbonyl (C=O) groups excluding carboxylic acids is 2. The first-order valence-corrected chi connectivity index (χ1v) is 7.79. The molecule has 5 heteroatoms. The Bertz CT molecular complexity index is 606. The third-order valence-corrected chi connectivity index (χ3v) is 4.13. The van der Waals surface area contributed by atoms with E-state index in [4.69, 9.17) is 0 Å². The van der Waals surface area contributed by atoms with E-state index >= 15 is 0 Å². The van der Waals surface area contributed by atoms with Gasteiger partial charge in [-0.1, -0.05) is 32.9 Å². The highest BCUT2D eigenvalue weighted by molar-refractivity contribution is 6.04. The fourth-order valence-electron chi connectivity index (χ4n) is 3.26. The second kappa shape index (κ2) is 5.30. The van der Waals surface area contributed by atoms with Crippen molar-refractivity contribution in [1.29, 1.82) is 0 Å². The predicted octanol–water partition coefficient (Wildman–Crippen LogP) is 2.14. The van der Waals surface area contributed by atoms with E-state index in [1.165, 1.54) is 0 Å². The zero-order chi connectivity index (χ0) is 15.9. The first-order chi connectivity index (χ1) is 10.3. The number of nitrogens with zero attached hydrogens (tertiary/aromatic N) is 1. The molecule has 2 aliphatic heterocycles. The molecule has 0 aromatic heterocycles. The number of hydrogen-bond acceptors (Lipinski definition) is 3. The zero-order valence-corrected chi connectivity index (χ0v) is 13.3. The predicted molar refractivity (Wildman–Crippen MR) is 86.8 cm³/mol. The second-order valence-electron chi connectivity index (χ2n) is 7.41. The van der Waals surface area contributed by atoms with Crippen LogP contribution in [-0.2, 0) is 9.59 Å². The maximum Gasteiger partial charge on any atom is 0.247 e. The van der Waals surface area contributed by atoms with E-state index in [1.807, 2.05) is 45.0 Å². The van der Waals surface area contributed by atoms with Crippen LogP contribution in [0.1, 0.15) is 33.6 Å². The molecule has 1 fully saturated rings. The number of anilines is 2. The number of hydrogen-bond donors (Lipinski definition) is 2. The summed E-state index contributed by atoms with van der Waals surface area (Å²) < 4.78 is 0. The number of carbonyl (C=O) groups is 2. The molecule has 0 bridgehead atoms. The van der Waals surface area contributed by atoms with Crippen molar-refractivity contribution in [3.8, 4) is 0 Å². The lowest BCUT2D eigenvalue weighted by molar-refractivity contribution is -0.123. The molecule has 1 aromatic carbocycles. The third-order valence-electron chi connectivity index (χ3n) is 4.13. The first kappa shape index (κ1) is 14.9. The molecule has 2 amide bonds. The van der Waals surface area contributed by atoms with Gasteiger partial charge in [-0.3, -0.25) is 9.59 Å². The van der Waals surface area contributed by atoms with E-state index in [9.17, 15) is 9.59 Å². The zero-order valence-electron chi connectivity index (χ0n) is 13.3. The molecule has 2 aliphatic rings. The Morgan fingerprint density at radius 2 is 2.09 bits per heavy atom. The van der Waals surface area contributed by atoms with E-state index in [2.05, 4.69) is 15.5 Å². The van der Waals surface area contributed by atoms with Gasteiger partial charge in [-0.15, -0.1) is 0 Å². The summed E-state index contributed by atoms with van der Waals surface area (Å²) in [5, 5.41) is 6.03. The minimum Gasteiger partial charge on any atom is -0.356 e. The maximum absolute atomic E-state index is 12.2. The lowest BCUT2D eigenvalue weighted by Crippen LogP contribution is -2.44. The largest absolute Gasteiger partial charge is 0.356 e. The van der Waals surface area contributed by atoms with Crippen LogP contribution >= 0.6 is 0 Å². The molecule has 1 saturated heterocycles. The highest BCUT2D eigenvalue weighted by atomic mass is 16.2. The third kappa shape index (κ3) is 2.93. The van der Waals surface area contributed by atoms with Crippen LogP contribution < -0.4 is 15.5 Å². The van der Waals surface area contributed by atoms with Crippen LogP contribution in [0.5, 0.6) is 0 Å². The fourth-order valence-corrected chi connectivity index (χ4v) is 3.26. The molecule has 2 heterocycles. The van der Waals surface area contributed by atoms with Gasteiger partial charge in [0.25, 0.3) is 0 Å². The summed E-state index contributed by atoms with van der Waals surface area (Å²) >= 11 is 0. The first-order valence-electron chi connectivity index (χ1n) is 7.79. The van der Waals surface area contributed by atoms with Crippen LogP contribution in [0.2, 0.25) is 0 Å². The summed E-state index contributed by atoms with van der Waals surface area (Å²) in [7, 11) is 0. The summed E-state index contributed by atoms with van der Waals surface area (Å²) in [6, 6.07) is 7.65. The summed E-state index contributed by atoms with van der Waals surface area (Å²) in [5.41, 5.74) is 1.87. The molecule has 2 unspecified atom stereocenters. The fraction of sp³-hybridized carbons (Fsp3) is 0.529. The number of para-hydroxylation sites is 2. The van der Waals surface area contributed by atoms with Gasteiger partial charge in [-0.25, -0.2) is 0 Å². The molecule has 118 valence electrons. The SMILES string of the molecule is CC(C)(C)CC(=O)NC1CC2C(=O)Nc3ccccc3N2C1. The topological polar surface area (TPSA) is 61.4 Å². The minimum absolute atomic E-state index is 0.0197. The molecular weight excluding hydrogens is 278 g/mol. The van der Waals surface area contributed by atoms with Crippen molar-refractivity contribution in [2.45, 2.75) is 45.7 Å². The average Bonchev–Trinajstić information content (AvgIpc) is 2.81. The number of fused-ring (bicyclic) bond motifs is 3. The Morgan fingerprint density at radius 3 is 2.82 bits per heavy atom. The molecular formula is C17H23N3O2. The smallest absolute Gasteiger partial charge is 0.247 e. The van der Waals surface area contributed by atoms with Crippen LogP contribution in [0.3, 0.4) is 0 Å². The van der Waals surface area contributed by atoms with Crippen LogP contribution in [0, 0.1) is 5.41 Å². The quantitative estimate of drug-likeness (QED) is 0.880. The van der Waals surface area contributed by atoms with Crippen LogP contribution in [0.4, 0.5) is 11.4 Å². The molecule has 0 spiro atoms. The van der Waals surface area contributed by atoms with Crippen LogP contribution in [0.15, 0.2) is 24.3 Å². The van der Waals surface area contributed by atoms with E-state index in [-0.39, 0.29) is 29.3 Å². The molecule has 22 heavy (non-hydrogen) atoms. The standard InChI is InChI=1S/C17H23N3O2/c1-17(2,3)9-15(21)18-11-8-14-16(22)19-12-6-4-5-7-13(12)20(14)10-11/h4-7,11,14H,8-10H2,1-3H3,(H,18,21)(H,19,22). The van der Waals surface area contributed by atoms with Gasteiger partial charge in [0.15, 0.2) is 0 Å². The molecule has 0 saturated carbocycles. The number of rotatable bonds is 2. The summed E-state index contributed by atoms with van der Waals surface area (Å²) in [6.45, 7) is 6.83. The monoisotopic (exact) mass is 301 g/mol. The van der Waals surface area contributed by atoms with Gasteiger partial charge in [0.1, 0.15) is 6.04 Å². The van der Waals surface area contributed by atoms with E-state index in [0.29, 0.717) is 19.4 Å². The Labute approximate surface area is 131 Å². The van der Waals surface area contributed by atoms with Gasteiger partial charge in [0.2, 0.25) is 11.8 Å². The normalized spacial score (nSPS) is 23.6. The van der Waals surface area contributed by atoms with Crippen molar-refractivity contribution >= 4 is 23.2 Å². The molecule has 5 nitrogen and oxygen atoms in total. The minimum atomic E-state index is -0.185. The molecule has 0 radical (unpaired) electrons. The Balaban J connectivity index is 1.71. The van der Waals surface area contributed by atoms with Gasteiger partial charge in [0.05, 0.1) is 11.4 Å². The Hall–Kier alpha value is -2.04. The van der Waals surface area contributed by atoms with E-state index < -0.39 is 0 Å². The van der Waals surface area contributed by atoms with Crippen molar-refractivity contribution in [2.24, 2.45) is 5.41 Å². The molecule has 1 aromatic rings. The summed E-state index contributed by atoms with van der Waals surface area (Å²) in [4.78, 5) is 26.5. The van der Waals surface area contributed by atoms with Crippen LogP contribution in [0.25, 0.3) is 0 Å². The van der Waals surface area contributed by atoms with Crippen LogP contribution in [-0.4, -0.2) is 30.4 Å². The Kier molecular flexibility index (Phi) is 3.59. The highest BCUT2D eigenvalue weighted by Gasteiger charge is 2.41. The van der Waals surface area contributed by atoms with E-state index in [0.717, 1.165) is 11.4 Å². The van der Waals surface area contributed by atoms with Gasteiger partial charge < -0.3 is 15.5 Å². The molecule has 2 atom stereocenters. The lowest BCUT2D eigenvalue weighted by Gasteiger charge is -2.32. The van der Waals surface area contributed by atoms with Crippen molar-refractivity contribution < 1.29 is 9.59 Å². The van der Waals surface area contributed by atoms with Gasteiger partial charge in [-0.2, -0.15) is 0 Å². The number of benzene rings is 1. The summed E-state index contributed by atoms with van der Waals surface area (Å²) in [5.74, 6) is 0.0808. The highest BCUT2D eigenvalue weighted by Crippen LogP contribution is 2.36. The van der Waals surface area contributed by atoms with Crippen molar-refractivity contribution in [1.82, 2.24) is 5.32 Å². The molecule has 3 rings (SSSR count). The van der Waals surface area contributed by atoms with Gasteiger partial charge >= 0.3 is 0 Å². The number of nitrogens with one attached hydrogen (secondary N) is 2. The van der Waals surface area contributed by atoms with Crippen molar-refractivity contribution in [3.63, 3.8) is 0 Å². The second-order valence-corrected chi connectivity index (χ2v) is 7.41. The van der Waals surface area contributed by atoms with Gasteiger partial charge in [-0.05, 0) is 24.0 Å². The molecule has 2 N–H and O–H groups in total. The average molecular weight is 301 g/mol. The van der Waals surface area contributed by atoms with Gasteiger partial charge in [0, 0.05) is 19.0 Å². The van der Waals surface area contributed by atoms with E-state index in [1.54, 1.807) is 0 Å². The maximum atomic E-state index is 12.2. The molecule has 0 aliphatic carbocycles. The Morgan fingerprint density at radius 1 is 1.36 bits per heavy atom. The summed E-state index contributed by atoms with van der Waals surface area (Å²) in [6.07, 6.45) is 1.16. The van der Waals surface area contributed by atoms with Crippen molar-refractivity contribution in [2.75, 3.05) is 16.8 Å². The van der Waals surface area contributed by atoms with Crippen molar-refractivity contribution in [3.05, 3.63) is 24.3 Å². The number of amides is 2. The lowest BCUT2D eigenvalue weighted by atomic mass is 9.92.